The molecule has 2 amide bonds. The van der Waals surface area contributed by atoms with E-state index in [0.29, 0.717) is 21.1 Å². The number of carbonyl (C=O) groups is 2. The highest BCUT2D eigenvalue weighted by Gasteiger charge is 2.16. The number of carbonyl (C=O) groups excluding carboxylic acids is 2. The topological polar surface area (TPSA) is 107 Å². The highest BCUT2D eigenvalue weighted by molar-refractivity contribution is 6.35. The summed E-state index contributed by atoms with van der Waals surface area (Å²) in [5, 5.41) is 7.79. The van der Waals surface area contributed by atoms with E-state index in [9.17, 15) is 14.4 Å². The fourth-order valence-electron chi connectivity index (χ4n) is 2.49. The van der Waals surface area contributed by atoms with Crippen molar-refractivity contribution in [3.8, 4) is 0 Å². The van der Waals surface area contributed by atoms with Crippen LogP contribution in [0.1, 0.15) is 10.5 Å². The number of nitrogens with two attached hydrogens (primary N) is 1. The van der Waals surface area contributed by atoms with E-state index in [4.69, 9.17) is 28.9 Å². The summed E-state index contributed by atoms with van der Waals surface area (Å²) in [7, 11) is 0. The number of anilines is 1. The molecule has 0 aliphatic heterocycles. The number of benzene rings is 2. The molecule has 1 aromatic heterocycles. The van der Waals surface area contributed by atoms with Gasteiger partial charge in [-0.1, -0.05) is 41.4 Å². The number of hydrogen-bond donors (Lipinski definition) is 2. The summed E-state index contributed by atoms with van der Waals surface area (Å²) in [6, 6.07) is 11.0. The fraction of sp³-hybridized carbons (Fsp3) is 0.0588. The Morgan fingerprint density at radius 2 is 1.69 bits per heavy atom. The number of hydrogen-bond acceptors (Lipinski definition) is 4. The second-order valence-electron chi connectivity index (χ2n) is 5.43. The number of fused-ring (bicyclic) bond motifs is 1. The molecule has 1 heterocycles. The Bertz CT molecular complexity index is 1070. The molecule has 3 rings (SSSR count). The molecule has 0 atom stereocenters. The third-order valence-corrected chi connectivity index (χ3v) is 3.98. The van der Waals surface area contributed by atoms with Crippen LogP contribution in [0.3, 0.4) is 0 Å². The second kappa shape index (κ2) is 7.15. The minimum atomic E-state index is -0.794. The van der Waals surface area contributed by atoms with Crippen LogP contribution >= 0.6 is 23.2 Å². The van der Waals surface area contributed by atoms with Gasteiger partial charge in [0, 0.05) is 21.1 Å². The maximum atomic E-state index is 12.5. The molecule has 0 unspecified atom stereocenters. The third kappa shape index (κ3) is 3.68. The molecule has 0 saturated heterocycles. The van der Waals surface area contributed by atoms with Gasteiger partial charge in [-0.3, -0.25) is 14.4 Å². The van der Waals surface area contributed by atoms with Crippen molar-refractivity contribution in [1.82, 2.24) is 9.78 Å². The molecule has 3 N–H and O–H groups in total. The summed E-state index contributed by atoms with van der Waals surface area (Å²) in [5.74, 6) is -1.33. The van der Waals surface area contributed by atoms with Gasteiger partial charge in [-0.2, -0.15) is 5.10 Å². The maximum Gasteiger partial charge on any atom is 0.275 e. The average molecular weight is 391 g/mol. The van der Waals surface area contributed by atoms with Gasteiger partial charge in [0.05, 0.1) is 5.39 Å². The lowest BCUT2D eigenvalue weighted by atomic mass is 10.1. The van der Waals surface area contributed by atoms with Crippen molar-refractivity contribution in [1.29, 1.82) is 0 Å². The normalized spacial score (nSPS) is 10.7. The van der Waals surface area contributed by atoms with Gasteiger partial charge in [-0.15, -0.1) is 0 Å². The summed E-state index contributed by atoms with van der Waals surface area (Å²) >= 11 is 11.8. The minimum Gasteiger partial charge on any atom is -0.364 e. The molecule has 2 aromatic carbocycles. The lowest BCUT2D eigenvalue weighted by Gasteiger charge is -2.10. The van der Waals surface area contributed by atoms with Crippen LogP contribution in [0.2, 0.25) is 10.0 Å². The molecule has 26 heavy (non-hydrogen) atoms. The van der Waals surface area contributed by atoms with Crippen molar-refractivity contribution in [3.63, 3.8) is 0 Å². The smallest absolute Gasteiger partial charge is 0.275 e. The van der Waals surface area contributed by atoms with E-state index in [-0.39, 0.29) is 11.1 Å². The quantitative estimate of drug-likeness (QED) is 0.712. The zero-order chi connectivity index (χ0) is 18.8. The minimum absolute atomic E-state index is 0.0844. The average Bonchev–Trinajstić information content (AvgIpc) is 2.56. The standard InChI is InChI=1S/C17H12Cl2N4O3/c18-9-5-10(19)7-11(6-9)21-14(24)8-23-17(26)13-4-2-1-3-12(13)15(22-23)16(20)25/h1-7H,8H2,(H2,20,25)(H,21,24). The zero-order valence-corrected chi connectivity index (χ0v) is 14.7. The van der Waals surface area contributed by atoms with Gasteiger partial charge < -0.3 is 11.1 Å². The summed E-state index contributed by atoms with van der Waals surface area (Å²) in [4.78, 5) is 36.4. The number of aromatic nitrogens is 2. The van der Waals surface area contributed by atoms with Gasteiger partial charge in [-0.05, 0) is 24.3 Å². The van der Waals surface area contributed by atoms with Crippen LogP contribution in [0.5, 0.6) is 0 Å². The molecule has 0 fully saturated rings. The van der Waals surface area contributed by atoms with Crippen LogP contribution < -0.4 is 16.6 Å². The predicted molar refractivity (Wildman–Crippen MR) is 99.6 cm³/mol. The number of rotatable bonds is 4. The van der Waals surface area contributed by atoms with Gasteiger partial charge in [0.2, 0.25) is 5.91 Å². The molecular weight excluding hydrogens is 379 g/mol. The lowest BCUT2D eigenvalue weighted by molar-refractivity contribution is -0.117. The number of nitrogens with one attached hydrogen (secondary N) is 1. The first-order valence-electron chi connectivity index (χ1n) is 7.41. The number of primary amides is 1. The molecule has 0 bridgehead atoms. The van der Waals surface area contributed by atoms with Crippen LogP contribution in [0.25, 0.3) is 10.8 Å². The Balaban J connectivity index is 1.95. The fourth-order valence-corrected chi connectivity index (χ4v) is 3.01. The predicted octanol–water partition coefficient (Wildman–Crippen LogP) is 2.44. The Hall–Kier alpha value is -2.90. The third-order valence-electron chi connectivity index (χ3n) is 3.54. The van der Waals surface area contributed by atoms with E-state index in [1.807, 2.05) is 0 Å². The monoisotopic (exact) mass is 390 g/mol. The van der Waals surface area contributed by atoms with Crippen molar-refractivity contribution in [3.05, 3.63) is 68.6 Å². The number of halogens is 2. The van der Waals surface area contributed by atoms with Gasteiger partial charge >= 0.3 is 0 Å². The molecule has 3 aromatic rings. The van der Waals surface area contributed by atoms with E-state index in [1.54, 1.807) is 18.2 Å². The molecule has 0 saturated carbocycles. The first kappa shape index (κ1) is 17.9. The maximum absolute atomic E-state index is 12.5. The van der Waals surface area contributed by atoms with Crippen LogP contribution in [-0.4, -0.2) is 21.6 Å². The summed E-state index contributed by atoms with van der Waals surface area (Å²) < 4.78 is 0.893. The molecule has 7 nitrogen and oxygen atoms in total. The lowest BCUT2D eigenvalue weighted by Crippen LogP contribution is -2.32. The summed E-state index contributed by atoms with van der Waals surface area (Å²) in [6.45, 7) is -0.409. The van der Waals surface area contributed by atoms with Crippen molar-refractivity contribution < 1.29 is 9.59 Å². The van der Waals surface area contributed by atoms with E-state index >= 15 is 0 Å². The number of nitrogens with zero attached hydrogens (tertiary/aromatic N) is 2. The molecule has 0 spiro atoms. The largest absolute Gasteiger partial charge is 0.364 e. The Morgan fingerprint density at radius 1 is 1.08 bits per heavy atom. The van der Waals surface area contributed by atoms with Crippen molar-refractivity contribution in [2.45, 2.75) is 6.54 Å². The van der Waals surface area contributed by atoms with Crippen molar-refractivity contribution in [2.24, 2.45) is 5.73 Å². The van der Waals surface area contributed by atoms with E-state index in [0.717, 1.165) is 4.68 Å². The van der Waals surface area contributed by atoms with Crippen LogP contribution in [0.15, 0.2) is 47.3 Å². The van der Waals surface area contributed by atoms with Gasteiger partial charge in [-0.25, -0.2) is 4.68 Å². The first-order valence-corrected chi connectivity index (χ1v) is 8.16. The Morgan fingerprint density at radius 3 is 2.31 bits per heavy atom. The van der Waals surface area contributed by atoms with Gasteiger partial charge in [0.1, 0.15) is 6.54 Å². The zero-order valence-electron chi connectivity index (χ0n) is 13.2. The molecule has 132 valence electrons. The van der Waals surface area contributed by atoms with Gasteiger partial charge in [0.15, 0.2) is 5.69 Å². The number of amides is 2. The summed E-state index contributed by atoms with van der Waals surface area (Å²) in [5.41, 5.74) is 5.12. The van der Waals surface area contributed by atoms with Crippen LogP contribution in [-0.2, 0) is 11.3 Å². The SMILES string of the molecule is NC(=O)c1nn(CC(=O)Nc2cc(Cl)cc(Cl)c2)c(=O)c2ccccc12. The van der Waals surface area contributed by atoms with E-state index in [1.165, 1.54) is 24.3 Å². The highest BCUT2D eigenvalue weighted by atomic mass is 35.5. The van der Waals surface area contributed by atoms with Gasteiger partial charge in [0.25, 0.3) is 11.5 Å². The molecule has 9 heteroatoms. The van der Waals surface area contributed by atoms with Crippen molar-refractivity contribution >= 4 is 51.5 Å². The molecule has 0 radical (unpaired) electrons. The molecular formula is C17H12Cl2N4O3. The van der Waals surface area contributed by atoms with E-state index in [2.05, 4.69) is 10.4 Å². The first-order chi connectivity index (χ1) is 12.3. The molecule has 0 aliphatic rings. The summed E-state index contributed by atoms with van der Waals surface area (Å²) in [6.07, 6.45) is 0. The Kier molecular flexibility index (Phi) is 4.92. The van der Waals surface area contributed by atoms with E-state index < -0.39 is 23.9 Å². The van der Waals surface area contributed by atoms with Crippen LogP contribution in [0.4, 0.5) is 5.69 Å². The highest BCUT2D eigenvalue weighted by Crippen LogP contribution is 2.22. The van der Waals surface area contributed by atoms with Crippen LogP contribution in [0, 0.1) is 0 Å². The van der Waals surface area contributed by atoms with Crippen molar-refractivity contribution in [2.75, 3.05) is 5.32 Å². The second-order valence-corrected chi connectivity index (χ2v) is 6.30. The Labute approximate surface area is 157 Å². The molecule has 0 aliphatic carbocycles.